The Kier molecular flexibility index (Phi) is 9.04. The number of allylic oxidation sites excluding steroid dienone is 1. The van der Waals surface area contributed by atoms with Crippen molar-refractivity contribution >= 4 is 12.0 Å². The highest BCUT2D eigenvalue weighted by Gasteiger charge is 2.01. The smallest absolute Gasteiger partial charge is 0.220 e. The number of amides is 1. The van der Waals surface area contributed by atoms with E-state index in [0.717, 1.165) is 24.9 Å². The van der Waals surface area contributed by atoms with Crippen molar-refractivity contribution in [2.75, 3.05) is 26.7 Å². The first-order chi connectivity index (χ1) is 13.6. The molecular weight excluding hydrogens is 344 g/mol. The van der Waals surface area contributed by atoms with Gasteiger partial charge in [0.1, 0.15) is 0 Å². The number of carbonyl (C=O) groups excluding carboxylic acids is 1. The molecule has 2 aromatic carbocycles. The highest BCUT2D eigenvalue weighted by Crippen LogP contribution is 2.15. The minimum Gasteiger partial charge on any atom is -0.355 e. The number of terminal acetylenes is 1. The summed E-state index contributed by atoms with van der Waals surface area (Å²) in [5.74, 6) is 2.66. The molecule has 2 rings (SSSR count). The van der Waals surface area contributed by atoms with Gasteiger partial charge in [0.05, 0.1) is 6.54 Å². The van der Waals surface area contributed by atoms with Crippen LogP contribution in [0.3, 0.4) is 0 Å². The first-order valence-corrected chi connectivity index (χ1v) is 9.77. The van der Waals surface area contributed by atoms with Crippen LogP contribution >= 0.6 is 0 Å². The zero-order valence-corrected chi connectivity index (χ0v) is 16.9. The molecule has 1 N–H and O–H groups in total. The number of rotatable bonds is 10. The predicted octanol–water partition coefficient (Wildman–Crippen LogP) is 4.06. The van der Waals surface area contributed by atoms with Gasteiger partial charge in [0, 0.05) is 19.5 Å². The van der Waals surface area contributed by atoms with Gasteiger partial charge in [0.15, 0.2) is 0 Å². The first-order valence-electron chi connectivity index (χ1n) is 9.77. The lowest BCUT2D eigenvalue weighted by atomic mass is 10.00. The van der Waals surface area contributed by atoms with Crippen LogP contribution in [0.5, 0.6) is 0 Å². The first kappa shape index (κ1) is 21.5. The van der Waals surface area contributed by atoms with Crippen molar-refractivity contribution < 1.29 is 4.79 Å². The lowest BCUT2D eigenvalue weighted by Gasteiger charge is -2.13. The Morgan fingerprint density at radius 3 is 2.64 bits per heavy atom. The molecule has 0 radical (unpaired) electrons. The van der Waals surface area contributed by atoms with E-state index in [0.29, 0.717) is 19.5 Å². The molecule has 3 nitrogen and oxygen atoms in total. The molecule has 0 aliphatic carbocycles. The quantitative estimate of drug-likeness (QED) is 0.636. The lowest BCUT2D eigenvalue weighted by Crippen LogP contribution is -2.32. The SMILES string of the molecule is C#CCN(C)CCNC(=O)CC/C=C/c1ccc(Cc2ccccc2C)cc1. The van der Waals surface area contributed by atoms with Crippen molar-refractivity contribution in [1.29, 1.82) is 0 Å². The maximum atomic E-state index is 11.8. The van der Waals surface area contributed by atoms with Crippen LogP contribution in [0.25, 0.3) is 6.08 Å². The van der Waals surface area contributed by atoms with Gasteiger partial charge in [-0.1, -0.05) is 66.6 Å². The lowest BCUT2D eigenvalue weighted by molar-refractivity contribution is -0.121. The van der Waals surface area contributed by atoms with Gasteiger partial charge < -0.3 is 5.32 Å². The molecule has 0 heterocycles. The highest BCUT2D eigenvalue weighted by molar-refractivity contribution is 5.76. The average Bonchev–Trinajstić information content (AvgIpc) is 2.68. The van der Waals surface area contributed by atoms with Crippen LogP contribution in [0.1, 0.15) is 35.1 Å². The molecule has 0 atom stereocenters. The van der Waals surface area contributed by atoms with E-state index in [4.69, 9.17) is 6.42 Å². The van der Waals surface area contributed by atoms with E-state index in [1.165, 1.54) is 16.7 Å². The van der Waals surface area contributed by atoms with Crippen LogP contribution in [0.2, 0.25) is 0 Å². The van der Waals surface area contributed by atoms with Crippen molar-refractivity contribution in [2.24, 2.45) is 0 Å². The summed E-state index contributed by atoms with van der Waals surface area (Å²) in [6, 6.07) is 17.1. The number of nitrogens with one attached hydrogen (secondary N) is 1. The van der Waals surface area contributed by atoms with Crippen molar-refractivity contribution in [3.8, 4) is 12.3 Å². The Morgan fingerprint density at radius 1 is 1.18 bits per heavy atom. The fourth-order valence-corrected chi connectivity index (χ4v) is 2.92. The van der Waals surface area contributed by atoms with Gasteiger partial charge in [0.25, 0.3) is 0 Å². The fraction of sp³-hybridized carbons (Fsp3) is 0.320. The van der Waals surface area contributed by atoms with Crippen LogP contribution in [0.4, 0.5) is 0 Å². The Labute approximate surface area is 169 Å². The molecule has 146 valence electrons. The standard InChI is InChI=1S/C25H30N2O/c1-4-18-27(3)19-17-26-25(28)12-8-6-10-22-13-15-23(16-14-22)20-24-11-7-5-9-21(24)2/h1,5-7,9-11,13-16H,8,12,17-20H2,2-3H3,(H,26,28)/b10-6+. The van der Waals surface area contributed by atoms with Crippen molar-refractivity contribution in [3.05, 3.63) is 76.9 Å². The van der Waals surface area contributed by atoms with Crippen LogP contribution in [0, 0.1) is 19.3 Å². The van der Waals surface area contributed by atoms with E-state index in [-0.39, 0.29) is 5.91 Å². The summed E-state index contributed by atoms with van der Waals surface area (Å²) in [4.78, 5) is 13.8. The zero-order valence-electron chi connectivity index (χ0n) is 16.9. The molecule has 0 aliphatic heterocycles. The summed E-state index contributed by atoms with van der Waals surface area (Å²) in [6.45, 7) is 4.14. The van der Waals surface area contributed by atoms with Gasteiger partial charge in [-0.3, -0.25) is 9.69 Å². The number of nitrogens with zero attached hydrogens (tertiary/aromatic N) is 1. The topological polar surface area (TPSA) is 32.3 Å². The molecule has 0 fully saturated rings. The van der Waals surface area contributed by atoms with Gasteiger partial charge >= 0.3 is 0 Å². The maximum Gasteiger partial charge on any atom is 0.220 e. The third-order valence-corrected chi connectivity index (χ3v) is 4.66. The minimum atomic E-state index is 0.0762. The van der Waals surface area contributed by atoms with Crippen LogP contribution in [-0.2, 0) is 11.2 Å². The second kappa shape index (κ2) is 11.8. The van der Waals surface area contributed by atoms with Gasteiger partial charge in [0.2, 0.25) is 5.91 Å². The Hall–Kier alpha value is -2.83. The molecule has 0 aliphatic rings. The van der Waals surface area contributed by atoms with E-state index in [1.807, 2.05) is 11.9 Å². The molecule has 2 aromatic rings. The third-order valence-electron chi connectivity index (χ3n) is 4.66. The molecule has 0 unspecified atom stereocenters. The number of hydrogen-bond acceptors (Lipinski definition) is 2. The zero-order chi connectivity index (χ0) is 20.2. The van der Waals surface area contributed by atoms with E-state index in [1.54, 1.807) is 0 Å². The minimum absolute atomic E-state index is 0.0762. The summed E-state index contributed by atoms with van der Waals surface area (Å²) in [5.41, 5.74) is 5.15. The van der Waals surface area contributed by atoms with E-state index < -0.39 is 0 Å². The second-order valence-electron chi connectivity index (χ2n) is 7.08. The predicted molar refractivity (Wildman–Crippen MR) is 118 cm³/mol. The summed E-state index contributed by atoms with van der Waals surface area (Å²) >= 11 is 0. The molecule has 0 bridgehead atoms. The molecule has 0 aromatic heterocycles. The number of aryl methyl sites for hydroxylation is 1. The Balaban J connectivity index is 1.71. The Morgan fingerprint density at radius 2 is 1.93 bits per heavy atom. The van der Waals surface area contributed by atoms with E-state index in [9.17, 15) is 4.79 Å². The van der Waals surface area contributed by atoms with Gasteiger partial charge in [-0.2, -0.15) is 0 Å². The third kappa shape index (κ3) is 7.82. The number of likely N-dealkylation sites (N-methyl/N-ethyl adjacent to an activating group) is 1. The summed E-state index contributed by atoms with van der Waals surface area (Å²) < 4.78 is 0. The molecule has 1 amide bonds. The van der Waals surface area contributed by atoms with Gasteiger partial charge in [-0.15, -0.1) is 6.42 Å². The monoisotopic (exact) mass is 374 g/mol. The number of hydrogen-bond donors (Lipinski definition) is 1. The van der Waals surface area contributed by atoms with Crippen molar-refractivity contribution in [3.63, 3.8) is 0 Å². The van der Waals surface area contributed by atoms with E-state index in [2.05, 4.69) is 78.8 Å². The Bertz CT molecular complexity index is 815. The van der Waals surface area contributed by atoms with Crippen molar-refractivity contribution in [2.45, 2.75) is 26.2 Å². The van der Waals surface area contributed by atoms with Gasteiger partial charge in [-0.05, 0) is 49.1 Å². The number of benzene rings is 2. The highest BCUT2D eigenvalue weighted by atomic mass is 16.1. The average molecular weight is 375 g/mol. The second-order valence-corrected chi connectivity index (χ2v) is 7.08. The molecule has 0 saturated carbocycles. The summed E-state index contributed by atoms with van der Waals surface area (Å²) in [6.07, 6.45) is 11.6. The molecule has 3 heteroatoms. The normalized spacial score (nSPS) is 10.9. The molecule has 28 heavy (non-hydrogen) atoms. The van der Waals surface area contributed by atoms with E-state index >= 15 is 0 Å². The van der Waals surface area contributed by atoms with Crippen LogP contribution in [-0.4, -0.2) is 37.5 Å². The summed E-state index contributed by atoms with van der Waals surface area (Å²) in [5, 5.41) is 2.92. The van der Waals surface area contributed by atoms with Crippen LogP contribution < -0.4 is 5.32 Å². The fourth-order valence-electron chi connectivity index (χ4n) is 2.92. The van der Waals surface area contributed by atoms with Gasteiger partial charge in [-0.25, -0.2) is 0 Å². The van der Waals surface area contributed by atoms with Crippen molar-refractivity contribution in [1.82, 2.24) is 10.2 Å². The largest absolute Gasteiger partial charge is 0.355 e. The molecule has 0 saturated heterocycles. The maximum absolute atomic E-state index is 11.8. The number of carbonyl (C=O) groups is 1. The summed E-state index contributed by atoms with van der Waals surface area (Å²) in [7, 11) is 1.95. The molecule has 0 spiro atoms. The van der Waals surface area contributed by atoms with Crippen LogP contribution in [0.15, 0.2) is 54.6 Å². The molecular formula is C25H30N2O.